The van der Waals surface area contributed by atoms with Crippen LogP contribution in [0.25, 0.3) is 103 Å². The van der Waals surface area contributed by atoms with Gasteiger partial charge in [0.15, 0.2) is 0 Å². The molecule has 10 aromatic carbocycles. The summed E-state index contributed by atoms with van der Waals surface area (Å²) in [4.78, 5) is 2.45. The van der Waals surface area contributed by atoms with Crippen LogP contribution in [-0.2, 0) is 0 Å². The summed E-state index contributed by atoms with van der Waals surface area (Å²) in [6, 6.07) is 79.3. The predicted octanol–water partition coefficient (Wildman–Crippen LogP) is 17.0. The molecule has 62 heavy (non-hydrogen) atoms. The standard InChI is InChI=1S/C58H36N2OS/c1-2-15-41-38(14-1)30-34-47-57-46(20-13-26-54(57)61-58(41)47)44-18-5-7-21-49(44)59(40-32-28-37(29-33-40)39-31-35-56-48(36-39)45-19-6-12-27-55(45)62-56)52-24-10-11-25-53(52)60-50-22-8-3-16-42(50)43-17-4-9-23-51(43)60/h1-36H. The molecule has 290 valence electrons. The molecule has 0 spiro atoms. The highest BCUT2D eigenvalue weighted by atomic mass is 32.1. The highest BCUT2D eigenvalue weighted by molar-refractivity contribution is 7.25. The Labute approximate surface area is 361 Å². The first kappa shape index (κ1) is 34.9. The van der Waals surface area contributed by atoms with E-state index in [0.717, 1.165) is 61.2 Å². The van der Waals surface area contributed by atoms with Crippen LogP contribution in [0.4, 0.5) is 17.1 Å². The lowest BCUT2D eigenvalue weighted by atomic mass is 9.96. The number of hydrogen-bond acceptors (Lipinski definition) is 3. The molecule has 3 aromatic heterocycles. The van der Waals surface area contributed by atoms with Crippen LogP contribution < -0.4 is 4.90 Å². The number of furan rings is 1. The van der Waals surface area contributed by atoms with Gasteiger partial charge < -0.3 is 13.9 Å². The topological polar surface area (TPSA) is 21.3 Å². The van der Waals surface area contributed by atoms with Gasteiger partial charge in [0.25, 0.3) is 0 Å². The number of fused-ring (bicyclic) bond motifs is 11. The minimum absolute atomic E-state index is 0.876. The Morgan fingerprint density at radius 2 is 1.03 bits per heavy atom. The Morgan fingerprint density at radius 1 is 0.403 bits per heavy atom. The number of aromatic nitrogens is 1. The van der Waals surface area contributed by atoms with Crippen molar-refractivity contribution in [3.63, 3.8) is 0 Å². The molecule has 0 saturated heterocycles. The number of rotatable bonds is 6. The second kappa shape index (κ2) is 13.8. The van der Waals surface area contributed by atoms with Crippen LogP contribution in [0.3, 0.4) is 0 Å². The van der Waals surface area contributed by atoms with E-state index < -0.39 is 0 Å². The van der Waals surface area contributed by atoms with Gasteiger partial charge in [-0.2, -0.15) is 0 Å². The molecule has 0 unspecified atom stereocenters. The summed E-state index contributed by atoms with van der Waals surface area (Å²) >= 11 is 1.86. The molecular formula is C58H36N2OS. The van der Waals surface area contributed by atoms with E-state index in [4.69, 9.17) is 4.42 Å². The molecule has 0 aliphatic carbocycles. The van der Waals surface area contributed by atoms with Crippen molar-refractivity contribution in [2.24, 2.45) is 0 Å². The fraction of sp³-hybridized carbons (Fsp3) is 0. The Morgan fingerprint density at radius 3 is 1.85 bits per heavy atom. The third-order valence-electron chi connectivity index (χ3n) is 12.6. The summed E-state index contributed by atoms with van der Waals surface area (Å²) in [5.41, 5.74) is 13.1. The van der Waals surface area contributed by atoms with Gasteiger partial charge in [-0.1, -0.05) is 146 Å². The third kappa shape index (κ3) is 5.30. The quantitative estimate of drug-likeness (QED) is 0.167. The summed E-state index contributed by atoms with van der Waals surface area (Å²) < 4.78 is 11.8. The van der Waals surface area contributed by atoms with Gasteiger partial charge in [-0.25, -0.2) is 0 Å². The molecule has 0 radical (unpaired) electrons. The number of anilines is 3. The first-order valence-corrected chi connectivity index (χ1v) is 21.9. The van der Waals surface area contributed by atoms with Crippen LogP contribution in [0.5, 0.6) is 0 Å². The fourth-order valence-electron chi connectivity index (χ4n) is 9.82. The van der Waals surface area contributed by atoms with Gasteiger partial charge in [0.1, 0.15) is 11.2 Å². The predicted molar refractivity (Wildman–Crippen MR) is 264 cm³/mol. The van der Waals surface area contributed by atoms with Crippen molar-refractivity contribution in [2.75, 3.05) is 4.90 Å². The third-order valence-corrected chi connectivity index (χ3v) is 13.8. The smallest absolute Gasteiger partial charge is 0.143 e. The van der Waals surface area contributed by atoms with Gasteiger partial charge in [-0.15, -0.1) is 11.3 Å². The number of nitrogens with zero attached hydrogens (tertiary/aromatic N) is 2. The maximum absolute atomic E-state index is 6.73. The van der Waals surface area contributed by atoms with Crippen molar-refractivity contribution < 1.29 is 4.42 Å². The molecule has 0 aliphatic heterocycles. The van der Waals surface area contributed by atoms with Gasteiger partial charge in [0, 0.05) is 58.4 Å². The summed E-state index contributed by atoms with van der Waals surface area (Å²) in [6.45, 7) is 0. The molecule has 0 aliphatic rings. The molecular weight excluding hydrogens is 773 g/mol. The van der Waals surface area contributed by atoms with Crippen LogP contribution in [0.1, 0.15) is 0 Å². The molecule has 0 fully saturated rings. The van der Waals surface area contributed by atoms with E-state index in [2.05, 4.69) is 228 Å². The normalized spacial score (nSPS) is 11.9. The average molecular weight is 809 g/mol. The van der Waals surface area contributed by atoms with Crippen LogP contribution in [0, 0.1) is 0 Å². The van der Waals surface area contributed by atoms with E-state index in [-0.39, 0.29) is 0 Å². The summed E-state index contributed by atoms with van der Waals surface area (Å²) in [7, 11) is 0. The van der Waals surface area contributed by atoms with E-state index in [9.17, 15) is 0 Å². The zero-order chi connectivity index (χ0) is 40.7. The Hall–Kier alpha value is -7.92. The maximum Gasteiger partial charge on any atom is 0.143 e. The first-order valence-electron chi connectivity index (χ1n) is 21.1. The van der Waals surface area contributed by atoms with Crippen molar-refractivity contribution in [3.8, 4) is 27.9 Å². The molecule has 0 atom stereocenters. The largest absolute Gasteiger partial charge is 0.455 e. The minimum atomic E-state index is 0.876. The highest BCUT2D eigenvalue weighted by Gasteiger charge is 2.24. The lowest BCUT2D eigenvalue weighted by Gasteiger charge is -2.30. The molecule has 0 bridgehead atoms. The van der Waals surface area contributed by atoms with Gasteiger partial charge in [-0.05, 0) is 94.9 Å². The Balaban J connectivity index is 1.05. The van der Waals surface area contributed by atoms with E-state index in [0.29, 0.717) is 0 Å². The minimum Gasteiger partial charge on any atom is -0.455 e. The lowest BCUT2D eigenvalue weighted by molar-refractivity contribution is 0.673. The SMILES string of the molecule is c1ccc(N(c2ccc(-c3ccc4sc5ccccc5c4c3)cc2)c2ccccc2-n2c3ccccc3c3ccccc32)c(-c2cccc3oc4c5ccccc5ccc4c23)c1. The van der Waals surface area contributed by atoms with Gasteiger partial charge in [-0.3, -0.25) is 0 Å². The van der Waals surface area contributed by atoms with Crippen molar-refractivity contribution >= 4 is 103 Å². The summed E-state index contributed by atoms with van der Waals surface area (Å²) in [5, 5.41) is 9.59. The van der Waals surface area contributed by atoms with Gasteiger partial charge in [0.2, 0.25) is 0 Å². The molecule has 0 N–H and O–H groups in total. The highest BCUT2D eigenvalue weighted by Crippen LogP contribution is 2.48. The maximum atomic E-state index is 6.73. The average Bonchev–Trinajstić information content (AvgIpc) is 4.02. The fourth-order valence-corrected chi connectivity index (χ4v) is 10.9. The second-order valence-electron chi connectivity index (χ2n) is 16.0. The van der Waals surface area contributed by atoms with E-state index in [1.807, 2.05) is 11.3 Å². The van der Waals surface area contributed by atoms with Crippen molar-refractivity contribution in [1.29, 1.82) is 0 Å². The molecule has 3 heterocycles. The van der Waals surface area contributed by atoms with Crippen molar-refractivity contribution in [3.05, 3.63) is 218 Å². The second-order valence-corrected chi connectivity index (χ2v) is 17.1. The zero-order valence-electron chi connectivity index (χ0n) is 33.5. The zero-order valence-corrected chi connectivity index (χ0v) is 34.3. The van der Waals surface area contributed by atoms with Crippen molar-refractivity contribution in [1.82, 2.24) is 4.57 Å². The van der Waals surface area contributed by atoms with Gasteiger partial charge in [0.05, 0.1) is 28.1 Å². The van der Waals surface area contributed by atoms with Crippen LogP contribution in [0.2, 0.25) is 0 Å². The lowest BCUT2D eigenvalue weighted by Crippen LogP contribution is -2.14. The number of hydrogen-bond donors (Lipinski definition) is 0. The van der Waals surface area contributed by atoms with E-state index in [1.165, 1.54) is 58.5 Å². The molecule has 4 heteroatoms. The molecule has 13 rings (SSSR count). The summed E-state index contributed by atoms with van der Waals surface area (Å²) in [5.74, 6) is 0. The number of para-hydroxylation sites is 5. The number of benzene rings is 10. The van der Waals surface area contributed by atoms with Crippen LogP contribution in [-0.4, -0.2) is 4.57 Å². The molecule has 13 aromatic rings. The Bertz CT molecular complexity index is 3830. The first-order chi connectivity index (χ1) is 30.8. The van der Waals surface area contributed by atoms with Crippen LogP contribution >= 0.6 is 11.3 Å². The van der Waals surface area contributed by atoms with E-state index >= 15 is 0 Å². The molecule has 3 nitrogen and oxygen atoms in total. The Kier molecular flexibility index (Phi) is 7.78. The van der Waals surface area contributed by atoms with E-state index in [1.54, 1.807) is 0 Å². The summed E-state index contributed by atoms with van der Waals surface area (Å²) in [6.07, 6.45) is 0. The number of thiophene rings is 1. The van der Waals surface area contributed by atoms with Gasteiger partial charge >= 0.3 is 0 Å². The van der Waals surface area contributed by atoms with Crippen LogP contribution in [0.15, 0.2) is 223 Å². The molecule has 0 saturated carbocycles. The monoisotopic (exact) mass is 808 g/mol. The van der Waals surface area contributed by atoms with Crippen molar-refractivity contribution in [2.45, 2.75) is 0 Å². The molecule has 0 amide bonds.